The van der Waals surface area contributed by atoms with E-state index in [1.54, 1.807) is 0 Å². The van der Waals surface area contributed by atoms with Gasteiger partial charge in [0.1, 0.15) is 10.6 Å². The standard InChI is InChI=1S/C21H22ClF3N2O4S/c1-31-18-9-6-14(12-19(18)32(29,30)27-10-4-2-3-5-11-27)20(28)26-15-7-8-17(22)16(13-15)21(23,24)25/h6-9,12-13H,2-5,10-11H2,1H3,(H,26,28). The first-order chi connectivity index (χ1) is 15.0. The average molecular weight is 491 g/mol. The Hall–Kier alpha value is -2.30. The fourth-order valence-corrected chi connectivity index (χ4v) is 5.39. The minimum atomic E-state index is -4.69. The quantitative estimate of drug-likeness (QED) is 0.626. The van der Waals surface area contributed by atoms with Gasteiger partial charge in [0.05, 0.1) is 17.7 Å². The molecule has 174 valence electrons. The van der Waals surface area contributed by atoms with Gasteiger partial charge in [0, 0.05) is 24.3 Å². The predicted octanol–water partition coefficient (Wildman–Crippen LogP) is 5.18. The summed E-state index contributed by atoms with van der Waals surface area (Å²) in [5, 5.41) is 1.86. The van der Waals surface area contributed by atoms with Crippen LogP contribution in [0.4, 0.5) is 18.9 Å². The zero-order valence-corrected chi connectivity index (χ0v) is 18.8. The molecule has 1 fully saturated rings. The first-order valence-electron chi connectivity index (χ1n) is 9.90. The lowest BCUT2D eigenvalue weighted by Gasteiger charge is -2.21. The lowest BCUT2D eigenvalue weighted by atomic mass is 10.1. The van der Waals surface area contributed by atoms with Crippen LogP contribution in [0, 0.1) is 0 Å². The summed E-state index contributed by atoms with van der Waals surface area (Å²) in [5.74, 6) is -0.688. The van der Waals surface area contributed by atoms with Gasteiger partial charge >= 0.3 is 6.18 Å². The van der Waals surface area contributed by atoms with Crippen LogP contribution in [0.25, 0.3) is 0 Å². The molecule has 1 heterocycles. The fraction of sp³-hybridized carbons (Fsp3) is 0.381. The van der Waals surface area contributed by atoms with Crippen LogP contribution < -0.4 is 10.1 Å². The number of hydrogen-bond donors (Lipinski definition) is 1. The Morgan fingerprint density at radius 3 is 2.31 bits per heavy atom. The number of methoxy groups -OCH3 is 1. The minimum absolute atomic E-state index is 0.0392. The van der Waals surface area contributed by atoms with Gasteiger partial charge in [-0.15, -0.1) is 0 Å². The first kappa shape index (κ1) is 24.3. The van der Waals surface area contributed by atoms with Crippen LogP contribution in [0.3, 0.4) is 0 Å². The SMILES string of the molecule is COc1ccc(C(=O)Nc2ccc(Cl)c(C(F)(F)F)c2)cc1S(=O)(=O)N1CCCCCC1. The van der Waals surface area contributed by atoms with Gasteiger partial charge in [0.25, 0.3) is 5.91 Å². The van der Waals surface area contributed by atoms with Crippen LogP contribution in [0.2, 0.25) is 5.02 Å². The largest absolute Gasteiger partial charge is 0.495 e. The van der Waals surface area contributed by atoms with E-state index >= 15 is 0 Å². The maximum absolute atomic E-state index is 13.2. The van der Waals surface area contributed by atoms with Crippen molar-refractivity contribution in [2.75, 3.05) is 25.5 Å². The van der Waals surface area contributed by atoms with Gasteiger partial charge in [0.15, 0.2) is 0 Å². The number of ether oxygens (including phenoxy) is 1. The molecular formula is C21H22ClF3N2O4S. The van der Waals surface area contributed by atoms with E-state index in [0.717, 1.165) is 37.8 Å². The first-order valence-corrected chi connectivity index (χ1v) is 11.7. The Bertz CT molecular complexity index is 1100. The van der Waals surface area contributed by atoms with E-state index in [9.17, 15) is 26.4 Å². The summed E-state index contributed by atoms with van der Waals surface area (Å²) in [5.41, 5.74) is -1.25. The van der Waals surface area contributed by atoms with Crippen molar-refractivity contribution in [2.24, 2.45) is 0 Å². The van der Waals surface area contributed by atoms with Gasteiger partial charge < -0.3 is 10.1 Å². The van der Waals surface area contributed by atoms with Crippen LogP contribution in [-0.4, -0.2) is 38.8 Å². The van der Waals surface area contributed by atoms with Crippen LogP contribution in [0.1, 0.15) is 41.6 Å². The summed E-state index contributed by atoms with van der Waals surface area (Å²) in [7, 11) is -2.60. The van der Waals surface area contributed by atoms with E-state index < -0.39 is 32.7 Å². The molecule has 0 aliphatic carbocycles. The van der Waals surface area contributed by atoms with E-state index in [1.165, 1.54) is 35.7 Å². The molecule has 1 aliphatic rings. The summed E-state index contributed by atoms with van der Waals surface area (Å²) in [4.78, 5) is 12.5. The molecule has 3 rings (SSSR count). The molecular weight excluding hydrogens is 469 g/mol. The van der Waals surface area contributed by atoms with E-state index in [2.05, 4.69) is 5.32 Å². The van der Waals surface area contributed by atoms with Crippen molar-refractivity contribution in [3.63, 3.8) is 0 Å². The van der Waals surface area contributed by atoms with Crippen molar-refractivity contribution in [3.05, 3.63) is 52.5 Å². The number of anilines is 1. The summed E-state index contributed by atoms with van der Waals surface area (Å²) in [6.07, 6.45) is -1.34. The van der Waals surface area contributed by atoms with E-state index in [-0.39, 0.29) is 21.9 Å². The Balaban J connectivity index is 1.92. The Morgan fingerprint density at radius 2 is 1.72 bits per heavy atom. The number of alkyl halides is 3. The molecule has 0 bridgehead atoms. The summed E-state index contributed by atoms with van der Waals surface area (Å²) >= 11 is 5.61. The molecule has 0 atom stereocenters. The third-order valence-electron chi connectivity index (χ3n) is 5.14. The van der Waals surface area contributed by atoms with Crippen molar-refractivity contribution in [3.8, 4) is 5.75 Å². The highest BCUT2D eigenvalue weighted by atomic mass is 35.5. The second-order valence-corrected chi connectivity index (χ2v) is 9.64. The molecule has 1 aliphatic heterocycles. The molecule has 11 heteroatoms. The third kappa shape index (κ3) is 5.36. The molecule has 6 nitrogen and oxygen atoms in total. The van der Waals surface area contributed by atoms with E-state index in [0.29, 0.717) is 13.1 Å². The molecule has 1 saturated heterocycles. The number of sulfonamides is 1. The van der Waals surface area contributed by atoms with Gasteiger partial charge in [0.2, 0.25) is 10.0 Å². The topological polar surface area (TPSA) is 75.7 Å². The molecule has 2 aromatic rings. The van der Waals surface area contributed by atoms with Crippen molar-refractivity contribution >= 4 is 33.2 Å². The number of carbonyl (C=O) groups excluding carboxylic acids is 1. The van der Waals surface area contributed by atoms with Crippen molar-refractivity contribution < 1.29 is 31.1 Å². The van der Waals surface area contributed by atoms with Gasteiger partial charge in [-0.1, -0.05) is 24.4 Å². The monoisotopic (exact) mass is 490 g/mol. The molecule has 1 N–H and O–H groups in total. The van der Waals surface area contributed by atoms with Gasteiger partial charge in [-0.05, 0) is 49.2 Å². The predicted molar refractivity (Wildman–Crippen MR) is 115 cm³/mol. The number of amides is 1. The number of benzene rings is 2. The molecule has 1 amide bonds. The lowest BCUT2D eigenvalue weighted by Crippen LogP contribution is -2.32. The molecule has 0 unspecified atom stereocenters. The van der Waals surface area contributed by atoms with Crippen molar-refractivity contribution in [1.29, 1.82) is 0 Å². The van der Waals surface area contributed by atoms with Crippen molar-refractivity contribution in [2.45, 2.75) is 36.8 Å². The number of carbonyl (C=O) groups is 1. The van der Waals surface area contributed by atoms with Gasteiger partial charge in [-0.25, -0.2) is 8.42 Å². The Labute approximate surface area is 189 Å². The Morgan fingerprint density at radius 1 is 1.06 bits per heavy atom. The Kier molecular flexibility index (Phi) is 7.36. The van der Waals surface area contributed by atoms with E-state index in [1.807, 2.05) is 0 Å². The summed E-state index contributed by atoms with van der Waals surface area (Å²) in [6, 6.07) is 6.85. The maximum Gasteiger partial charge on any atom is 0.417 e. The lowest BCUT2D eigenvalue weighted by molar-refractivity contribution is -0.137. The second kappa shape index (κ2) is 9.68. The zero-order chi connectivity index (χ0) is 23.5. The molecule has 0 radical (unpaired) electrons. The zero-order valence-electron chi connectivity index (χ0n) is 17.2. The van der Waals surface area contributed by atoms with Crippen LogP contribution in [-0.2, 0) is 16.2 Å². The number of halogens is 4. The van der Waals surface area contributed by atoms with Gasteiger partial charge in [-0.3, -0.25) is 4.79 Å². The normalized spacial score (nSPS) is 15.8. The third-order valence-corrected chi connectivity index (χ3v) is 7.39. The summed E-state index contributed by atoms with van der Waals surface area (Å²) < 4.78 is 72.2. The fourth-order valence-electron chi connectivity index (χ4n) is 3.46. The average Bonchev–Trinajstić information content (AvgIpc) is 3.04. The molecule has 32 heavy (non-hydrogen) atoms. The number of nitrogens with one attached hydrogen (secondary N) is 1. The highest BCUT2D eigenvalue weighted by molar-refractivity contribution is 7.89. The smallest absolute Gasteiger partial charge is 0.417 e. The number of hydrogen-bond acceptors (Lipinski definition) is 4. The van der Waals surface area contributed by atoms with Crippen LogP contribution >= 0.6 is 11.6 Å². The summed E-state index contributed by atoms with van der Waals surface area (Å²) in [6.45, 7) is 0.736. The minimum Gasteiger partial charge on any atom is -0.495 e. The maximum atomic E-state index is 13.2. The molecule has 0 saturated carbocycles. The van der Waals surface area contributed by atoms with Crippen molar-refractivity contribution in [1.82, 2.24) is 4.31 Å². The number of nitrogens with zero attached hydrogens (tertiary/aromatic N) is 1. The van der Waals surface area contributed by atoms with Gasteiger partial charge in [-0.2, -0.15) is 17.5 Å². The van der Waals surface area contributed by atoms with Crippen LogP contribution in [0.5, 0.6) is 5.75 Å². The highest BCUT2D eigenvalue weighted by Gasteiger charge is 2.34. The second-order valence-electron chi connectivity index (χ2n) is 7.33. The highest BCUT2D eigenvalue weighted by Crippen LogP contribution is 2.36. The number of rotatable bonds is 5. The molecule has 0 spiro atoms. The molecule has 2 aromatic carbocycles. The molecule has 0 aromatic heterocycles. The van der Waals surface area contributed by atoms with E-state index in [4.69, 9.17) is 16.3 Å². The van der Waals surface area contributed by atoms with Crippen LogP contribution in [0.15, 0.2) is 41.3 Å².